The van der Waals surface area contributed by atoms with E-state index in [-0.39, 0.29) is 18.6 Å². The zero-order valence-corrected chi connectivity index (χ0v) is 35.4. The van der Waals surface area contributed by atoms with Gasteiger partial charge >= 0.3 is 5.97 Å². The summed E-state index contributed by atoms with van der Waals surface area (Å²) in [6, 6.07) is 27.6. The molecule has 3 aromatic carbocycles. The van der Waals surface area contributed by atoms with E-state index in [9.17, 15) is 14.7 Å². The van der Waals surface area contributed by atoms with Crippen LogP contribution < -0.4 is 0 Å². The fourth-order valence-electron chi connectivity index (χ4n) is 8.49. The van der Waals surface area contributed by atoms with E-state index in [1.54, 1.807) is 4.90 Å². The number of quaternary nitrogens is 1. The maximum atomic E-state index is 14.5. The number of hydrogen-bond donors (Lipinski definition) is 1. The third-order valence-corrected chi connectivity index (χ3v) is 12.6. The number of rotatable bonds is 23. The average Bonchev–Trinajstić information content (AvgIpc) is 3.19. The number of aliphatic hydroxyl groups is 1. The molecule has 0 bridgehead atoms. The second-order valence-corrected chi connectivity index (χ2v) is 17.7. The number of carbonyl (C=O) groups excluding carboxylic acids is 2. The molecule has 0 atom stereocenters. The van der Waals surface area contributed by atoms with Crippen LogP contribution in [0.2, 0.25) is 5.02 Å². The van der Waals surface area contributed by atoms with Gasteiger partial charge in [0.25, 0.3) is 0 Å². The van der Waals surface area contributed by atoms with Gasteiger partial charge in [-0.25, -0.2) is 0 Å². The van der Waals surface area contributed by atoms with Crippen molar-refractivity contribution in [3.8, 4) is 0 Å². The summed E-state index contributed by atoms with van der Waals surface area (Å²) >= 11 is 6.20. The molecule has 4 rings (SSSR count). The summed E-state index contributed by atoms with van der Waals surface area (Å²) in [4.78, 5) is 30.0. The first-order chi connectivity index (χ1) is 26.4. The van der Waals surface area contributed by atoms with Gasteiger partial charge in [0.2, 0.25) is 12.6 Å². The second-order valence-electron chi connectivity index (χ2n) is 17.2. The quantitative estimate of drug-likeness (QED) is 0.0592. The van der Waals surface area contributed by atoms with Crippen LogP contribution in [0.4, 0.5) is 0 Å². The van der Waals surface area contributed by atoms with Crippen LogP contribution in [-0.4, -0.2) is 66.8 Å². The molecule has 1 N–H and O–H groups in total. The summed E-state index contributed by atoms with van der Waals surface area (Å²) in [5, 5.41) is 12.6. The number of ether oxygens (including phenoxy) is 1. The highest BCUT2D eigenvalue weighted by molar-refractivity contribution is 6.30. The van der Waals surface area contributed by atoms with Gasteiger partial charge in [-0.1, -0.05) is 168 Å². The molecular formula is C48H70ClN2O4+. The van der Waals surface area contributed by atoms with Crippen LogP contribution >= 0.6 is 11.6 Å². The van der Waals surface area contributed by atoms with Crippen LogP contribution in [-0.2, 0) is 25.3 Å². The number of likely N-dealkylation sites (tertiary alicyclic amines) is 1. The molecule has 1 aliphatic heterocycles. The van der Waals surface area contributed by atoms with Crippen molar-refractivity contribution >= 4 is 23.5 Å². The van der Waals surface area contributed by atoms with Crippen molar-refractivity contribution in [2.24, 2.45) is 5.41 Å². The van der Waals surface area contributed by atoms with Gasteiger partial charge in [-0.3, -0.25) is 14.1 Å². The van der Waals surface area contributed by atoms with Crippen LogP contribution in [0.25, 0.3) is 0 Å². The lowest BCUT2D eigenvalue weighted by atomic mass is 9.70. The van der Waals surface area contributed by atoms with Crippen LogP contribution in [0, 0.1) is 5.41 Å². The Kier molecular flexibility index (Phi) is 17.3. The molecule has 7 heteroatoms. The van der Waals surface area contributed by atoms with Crippen LogP contribution in [0.15, 0.2) is 84.9 Å². The molecule has 1 heterocycles. The zero-order chi connectivity index (χ0) is 39.8. The lowest BCUT2D eigenvalue weighted by Crippen LogP contribution is -2.60. The highest BCUT2D eigenvalue weighted by Crippen LogP contribution is 2.41. The number of halogens is 1. The highest BCUT2D eigenvalue weighted by atomic mass is 35.5. The van der Waals surface area contributed by atoms with Crippen LogP contribution in [0.1, 0.15) is 140 Å². The zero-order valence-electron chi connectivity index (χ0n) is 34.7. The Labute approximate surface area is 338 Å². The number of benzene rings is 3. The van der Waals surface area contributed by atoms with E-state index >= 15 is 0 Å². The van der Waals surface area contributed by atoms with E-state index in [1.165, 1.54) is 64.2 Å². The minimum atomic E-state index is -1.01. The number of hydrogen-bond acceptors (Lipinski definition) is 4. The molecule has 0 radical (unpaired) electrons. The molecule has 55 heavy (non-hydrogen) atoms. The minimum absolute atomic E-state index is 0.0123. The molecule has 1 fully saturated rings. The molecular weight excluding hydrogens is 704 g/mol. The molecule has 1 aliphatic rings. The summed E-state index contributed by atoms with van der Waals surface area (Å²) in [5.41, 5.74) is 0.169. The molecule has 6 nitrogen and oxygen atoms in total. The average molecular weight is 775 g/mol. The Morgan fingerprint density at radius 1 is 0.727 bits per heavy atom. The number of amides is 1. The third kappa shape index (κ3) is 12.4. The standard InChI is InChI=1S/C48H70ClN2O4/c1-6-7-8-9-10-11-12-13-14-15-16-23-32-46(2,3)45(53)55-39-51(36-33-47(54,34-37-51)40-28-30-43(49)31-29-40)38-35-48(44(52)50(4)5,41-24-19-17-20-25-41)42-26-21-18-22-27-42/h17-22,24-31,54H,6-16,23,32-39H2,1-5H3/q+1. The lowest BCUT2D eigenvalue weighted by molar-refractivity contribution is -0.950. The molecule has 0 unspecified atom stereocenters. The van der Waals surface area contributed by atoms with Crippen molar-refractivity contribution in [3.05, 3.63) is 107 Å². The molecule has 0 aromatic heterocycles. The van der Waals surface area contributed by atoms with Gasteiger partial charge in [0, 0.05) is 38.4 Å². The molecule has 0 aliphatic carbocycles. The Balaban J connectivity index is 1.47. The molecule has 1 saturated heterocycles. The number of nitrogens with zero attached hydrogens (tertiary/aromatic N) is 2. The summed E-state index contributed by atoms with van der Waals surface area (Å²) in [6.07, 6.45) is 17.7. The van der Waals surface area contributed by atoms with Crippen molar-refractivity contribution in [1.29, 1.82) is 0 Å². The molecule has 302 valence electrons. The second kappa shape index (κ2) is 21.4. The van der Waals surface area contributed by atoms with E-state index in [0.29, 0.717) is 48.4 Å². The SMILES string of the molecule is CCCCCCCCCCCCCCC(C)(C)C(=O)OC[N+]1(CCC(C(=O)N(C)C)(c2ccccc2)c2ccccc2)CCC(O)(c2ccc(Cl)cc2)CC1. The third-order valence-electron chi connectivity index (χ3n) is 12.3. The van der Waals surface area contributed by atoms with Gasteiger partial charge in [-0.05, 0) is 49.1 Å². The maximum Gasteiger partial charge on any atom is 0.315 e. The molecule has 3 aromatic rings. The molecule has 0 saturated carbocycles. The Morgan fingerprint density at radius 2 is 1.20 bits per heavy atom. The predicted molar refractivity (Wildman–Crippen MR) is 227 cm³/mol. The Hall–Kier alpha value is -3.19. The van der Waals surface area contributed by atoms with E-state index in [4.69, 9.17) is 16.3 Å². The highest BCUT2D eigenvalue weighted by Gasteiger charge is 2.49. The van der Waals surface area contributed by atoms with E-state index in [2.05, 4.69) is 6.92 Å². The summed E-state index contributed by atoms with van der Waals surface area (Å²) < 4.78 is 6.79. The fraction of sp³-hybridized carbons (Fsp3) is 0.583. The first kappa shape index (κ1) is 44.5. The van der Waals surface area contributed by atoms with E-state index in [1.807, 2.05) is 113 Å². The topological polar surface area (TPSA) is 66.8 Å². The number of unbranched alkanes of at least 4 members (excludes halogenated alkanes) is 11. The van der Waals surface area contributed by atoms with Crippen molar-refractivity contribution in [1.82, 2.24) is 4.90 Å². The van der Waals surface area contributed by atoms with Gasteiger partial charge in [-0.2, -0.15) is 0 Å². The van der Waals surface area contributed by atoms with Crippen LogP contribution in [0.5, 0.6) is 0 Å². The monoisotopic (exact) mass is 774 g/mol. The lowest BCUT2D eigenvalue weighted by Gasteiger charge is -2.48. The van der Waals surface area contributed by atoms with Gasteiger partial charge in [0.15, 0.2) is 0 Å². The normalized spacial score (nSPS) is 18.9. The smallest absolute Gasteiger partial charge is 0.315 e. The number of piperidine rings is 1. The Morgan fingerprint density at radius 3 is 1.67 bits per heavy atom. The minimum Gasteiger partial charge on any atom is -0.415 e. The van der Waals surface area contributed by atoms with Crippen molar-refractivity contribution < 1.29 is 23.9 Å². The number of carbonyl (C=O) groups is 2. The van der Waals surface area contributed by atoms with Gasteiger partial charge in [-0.15, -0.1) is 0 Å². The van der Waals surface area contributed by atoms with E-state index in [0.717, 1.165) is 36.0 Å². The van der Waals surface area contributed by atoms with Crippen molar-refractivity contribution in [2.75, 3.05) is 40.5 Å². The first-order valence-corrected chi connectivity index (χ1v) is 21.6. The van der Waals surface area contributed by atoms with E-state index < -0.39 is 16.4 Å². The van der Waals surface area contributed by atoms with Crippen molar-refractivity contribution in [2.45, 2.75) is 135 Å². The van der Waals surface area contributed by atoms with Gasteiger partial charge in [0.1, 0.15) is 11.0 Å². The van der Waals surface area contributed by atoms with Crippen LogP contribution in [0.3, 0.4) is 0 Å². The largest absolute Gasteiger partial charge is 0.415 e. The summed E-state index contributed by atoms with van der Waals surface area (Å²) in [7, 11) is 3.64. The number of likely N-dealkylation sites (N-methyl/N-ethyl adjacent to an activating group) is 1. The summed E-state index contributed by atoms with van der Waals surface area (Å²) in [5.74, 6) is -0.161. The van der Waals surface area contributed by atoms with Gasteiger partial charge < -0.3 is 14.7 Å². The summed E-state index contributed by atoms with van der Waals surface area (Å²) in [6.45, 7) is 8.28. The predicted octanol–water partition coefficient (Wildman–Crippen LogP) is 11.2. The molecule has 0 spiro atoms. The first-order valence-electron chi connectivity index (χ1n) is 21.2. The number of esters is 1. The Bertz CT molecular complexity index is 1530. The van der Waals surface area contributed by atoms with Gasteiger partial charge in [0.05, 0.1) is 25.0 Å². The maximum absolute atomic E-state index is 14.5. The fourth-order valence-corrected chi connectivity index (χ4v) is 8.62. The van der Waals surface area contributed by atoms with Crippen molar-refractivity contribution in [3.63, 3.8) is 0 Å². The molecule has 1 amide bonds.